The molecule has 6 nitrogen and oxygen atoms in total. The van der Waals surface area contributed by atoms with Gasteiger partial charge in [0.25, 0.3) is 5.91 Å². The summed E-state index contributed by atoms with van der Waals surface area (Å²) in [5, 5.41) is 6.58. The van der Waals surface area contributed by atoms with Crippen LogP contribution in [0.1, 0.15) is 16.1 Å². The summed E-state index contributed by atoms with van der Waals surface area (Å²) in [5.74, 6) is -0.299. The third-order valence-electron chi connectivity index (χ3n) is 4.57. The van der Waals surface area contributed by atoms with Gasteiger partial charge in [-0.05, 0) is 30.3 Å². The maximum Gasteiger partial charge on any atom is 0.433 e. The molecule has 2 aromatic carbocycles. The molecule has 2 aromatic heterocycles. The molecule has 0 aliphatic heterocycles. The van der Waals surface area contributed by atoms with Crippen molar-refractivity contribution in [3.8, 4) is 17.0 Å². The first-order valence-corrected chi connectivity index (χ1v) is 9.80. The van der Waals surface area contributed by atoms with E-state index in [2.05, 4.69) is 15.4 Å². The van der Waals surface area contributed by atoms with Crippen molar-refractivity contribution in [2.75, 3.05) is 12.4 Å². The van der Waals surface area contributed by atoms with Gasteiger partial charge in [-0.3, -0.25) is 4.79 Å². The van der Waals surface area contributed by atoms with E-state index in [1.807, 2.05) is 0 Å². The van der Waals surface area contributed by atoms with Crippen LogP contribution < -0.4 is 10.1 Å². The number of rotatable bonds is 4. The van der Waals surface area contributed by atoms with Gasteiger partial charge in [-0.1, -0.05) is 41.4 Å². The number of methoxy groups -OCH3 is 1. The molecule has 1 N–H and O–H groups in total. The van der Waals surface area contributed by atoms with Crippen molar-refractivity contribution in [2.24, 2.45) is 0 Å². The van der Waals surface area contributed by atoms with Gasteiger partial charge in [0.05, 0.1) is 34.7 Å². The molecule has 0 fully saturated rings. The summed E-state index contributed by atoms with van der Waals surface area (Å²) < 4.78 is 47.0. The Bertz CT molecular complexity index is 1340. The lowest BCUT2D eigenvalue weighted by Gasteiger charge is -2.12. The van der Waals surface area contributed by atoms with Crippen LogP contribution in [0.2, 0.25) is 10.0 Å². The van der Waals surface area contributed by atoms with Crippen LogP contribution in [-0.4, -0.2) is 27.6 Å². The van der Waals surface area contributed by atoms with Crippen LogP contribution in [0, 0.1) is 0 Å². The first-order chi connectivity index (χ1) is 15.2. The van der Waals surface area contributed by atoms with Crippen molar-refractivity contribution in [2.45, 2.75) is 6.18 Å². The third kappa shape index (κ3) is 4.09. The number of amides is 1. The fourth-order valence-corrected chi connectivity index (χ4v) is 3.39. The van der Waals surface area contributed by atoms with Gasteiger partial charge < -0.3 is 10.1 Å². The Labute approximate surface area is 189 Å². The van der Waals surface area contributed by atoms with Gasteiger partial charge in [-0.2, -0.15) is 18.3 Å². The van der Waals surface area contributed by atoms with Crippen molar-refractivity contribution in [1.82, 2.24) is 14.6 Å². The smallest absolute Gasteiger partial charge is 0.433 e. The van der Waals surface area contributed by atoms with Gasteiger partial charge >= 0.3 is 6.18 Å². The molecule has 0 atom stereocenters. The van der Waals surface area contributed by atoms with Gasteiger partial charge in [-0.15, -0.1) is 0 Å². The van der Waals surface area contributed by atoms with Crippen molar-refractivity contribution in [1.29, 1.82) is 0 Å². The molecule has 0 aliphatic rings. The molecular formula is C21H13Cl2F3N4O2. The lowest BCUT2D eigenvalue weighted by Crippen LogP contribution is -2.16. The number of nitrogens with one attached hydrogen (secondary N) is 1. The van der Waals surface area contributed by atoms with E-state index < -0.39 is 17.8 Å². The van der Waals surface area contributed by atoms with Crippen LogP contribution in [0.5, 0.6) is 5.75 Å². The van der Waals surface area contributed by atoms with Crippen LogP contribution in [0.15, 0.2) is 54.7 Å². The van der Waals surface area contributed by atoms with Crippen molar-refractivity contribution >= 4 is 40.4 Å². The Hall–Kier alpha value is -3.30. The fourth-order valence-electron chi connectivity index (χ4n) is 3.05. The Balaban J connectivity index is 1.86. The highest BCUT2D eigenvalue weighted by atomic mass is 35.5. The number of alkyl halides is 3. The topological polar surface area (TPSA) is 68.5 Å². The second kappa shape index (κ2) is 8.33. The normalized spacial score (nSPS) is 11.6. The number of anilines is 1. The third-order valence-corrected chi connectivity index (χ3v) is 5.39. The highest BCUT2D eigenvalue weighted by Gasteiger charge is 2.36. The minimum atomic E-state index is -4.75. The Morgan fingerprint density at radius 3 is 2.59 bits per heavy atom. The average molecular weight is 481 g/mol. The molecule has 1 amide bonds. The van der Waals surface area contributed by atoms with E-state index in [-0.39, 0.29) is 32.6 Å². The SMILES string of the molecule is COc1cccc(-c2cc(C(F)(F)F)n3ncc(C(=O)Nc4cccc(Cl)c4Cl)c3n2)c1. The summed E-state index contributed by atoms with van der Waals surface area (Å²) in [6, 6.07) is 11.9. The molecule has 0 saturated carbocycles. The highest BCUT2D eigenvalue weighted by molar-refractivity contribution is 6.44. The number of hydrogen-bond acceptors (Lipinski definition) is 4. The maximum absolute atomic E-state index is 13.8. The molecule has 32 heavy (non-hydrogen) atoms. The molecule has 4 rings (SSSR count). The van der Waals surface area contributed by atoms with E-state index >= 15 is 0 Å². The quantitative estimate of drug-likeness (QED) is 0.389. The molecule has 11 heteroatoms. The lowest BCUT2D eigenvalue weighted by molar-refractivity contribution is -0.142. The van der Waals surface area contributed by atoms with E-state index in [1.165, 1.54) is 19.2 Å². The minimum absolute atomic E-state index is 0.000868. The molecule has 0 spiro atoms. The zero-order valence-corrected chi connectivity index (χ0v) is 17.8. The molecule has 0 bridgehead atoms. The molecule has 164 valence electrons. The average Bonchev–Trinajstić information content (AvgIpc) is 3.19. The number of ether oxygens (including phenoxy) is 1. The Morgan fingerprint density at radius 2 is 1.88 bits per heavy atom. The van der Waals surface area contributed by atoms with Gasteiger partial charge in [0.2, 0.25) is 0 Å². The van der Waals surface area contributed by atoms with E-state index in [4.69, 9.17) is 27.9 Å². The highest BCUT2D eigenvalue weighted by Crippen LogP contribution is 2.34. The first kappa shape index (κ1) is 21.9. The molecule has 0 saturated heterocycles. The number of aromatic nitrogens is 3. The second-order valence-corrected chi connectivity index (χ2v) is 7.39. The molecule has 4 aromatic rings. The number of benzene rings is 2. The monoisotopic (exact) mass is 480 g/mol. The van der Waals surface area contributed by atoms with E-state index in [1.54, 1.807) is 30.3 Å². The number of fused-ring (bicyclic) bond motifs is 1. The Kier molecular flexibility index (Phi) is 5.70. The predicted molar refractivity (Wildman–Crippen MR) is 114 cm³/mol. The minimum Gasteiger partial charge on any atom is -0.497 e. The predicted octanol–water partition coefficient (Wildman–Crippen LogP) is 5.98. The van der Waals surface area contributed by atoms with Gasteiger partial charge in [-0.25, -0.2) is 9.50 Å². The van der Waals surface area contributed by atoms with Gasteiger partial charge in [0.15, 0.2) is 11.3 Å². The Morgan fingerprint density at radius 1 is 1.12 bits per heavy atom. The van der Waals surface area contributed by atoms with E-state index in [0.29, 0.717) is 15.8 Å². The number of halogens is 5. The molecular weight excluding hydrogens is 468 g/mol. The molecule has 0 unspecified atom stereocenters. The fraction of sp³-hybridized carbons (Fsp3) is 0.0952. The number of nitrogens with zero attached hydrogens (tertiary/aromatic N) is 3. The van der Waals surface area contributed by atoms with Crippen molar-refractivity contribution in [3.05, 3.63) is 76.0 Å². The standard InChI is InChI=1S/C21H13Cl2F3N4O2/c1-32-12-5-2-4-11(8-12)16-9-17(21(24,25)26)30-19(28-16)13(10-27-30)20(31)29-15-7-3-6-14(22)18(15)23/h2-10H,1H3,(H,29,31). The maximum atomic E-state index is 13.8. The number of carbonyl (C=O) groups excluding carboxylic acids is 1. The summed E-state index contributed by atoms with van der Waals surface area (Å²) in [6.07, 6.45) is -3.73. The van der Waals surface area contributed by atoms with E-state index in [9.17, 15) is 18.0 Å². The second-order valence-electron chi connectivity index (χ2n) is 6.61. The summed E-state index contributed by atoms with van der Waals surface area (Å²) in [6.45, 7) is 0. The van der Waals surface area contributed by atoms with Crippen LogP contribution >= 0.6 is 23.2 Å². The lowest BCUT2D eigenvalue weighted by atomic mass is 10.1. The molecule has 2 heterocycles. The summed E-state index contributed by atoms with van der Waals surface area (Å²) in [7, 11) is 1.44. The number of hydrogen-bond donors (Lipinski definition) is 1. The zero-order valence-electron chi connectivity index (χ0n) is 16.2. The van der Waals surface area contributed by atoms with Crippen LogP contribution in [-0.2, 0) is 6.18 Å². The summed E-state index contributed by atoms with van der Waals surface area (Å²) in [5.41, 5.74) is -0.949. The summed E-state index contributed by atoms with van der Waals surface area (Å²) in [4.78, 5) is 17.1. The first-order valence-electron chi connectivity index (χ1n) is 9.05. The van der Waals surface area contributed by atoms with Crippen LogP contribution in [0.4, 0.5) is 18.9 Å². The summed E-state index contributed by atoms with van der Waals surface area (Å²) >= 11 is 12.0. The van der Waals surface area contributed by atoms with Crippen LogP contribution in [0.25, 0.3) is 16.9 Å². The van der Waals surface area contributed by atoms with Gasteiger partial charge in [0.1, 0.15) is 11.3 Å². The zero-order chi connectivity index (χ0) is 23.0. The molecule has 0 radical (unpaired) electrons. The number of carbonyl (C=O) groups is 1. The largest absolute Gasteiger partial charge is 0.497 e. The van der Waals surface area contributed by atoms with Crippen molar-refractivity contribution < 1.29 is 22.7 Å². The van der Waals surface area contributed by atoms with Gasteiger partial charge in [0, 0.05) is 5.56 Å². The van der Waals surface area contributed by atoms with E-state index in [0.717, 1.165) is 12.3 Å². The van der Waals surface area contributed by atoms with Crippen LogP contribution in [0.3, 0.4) is 0 Å². The molecule has 0 aliphatic carbocycles. The van der Waals surface area contributed by atoms with Crippen molar-refractivity contribution in [3.63, 3.8) is 0 Å².